The van der Waals surface area contributed by atoms with Gasteiger partial charge in [-0.15, -0.1) is 0 Å². The van der Waals surface area contributed by atoms with Crippen LogP contribution in [0.5, 0.6) is 0 Å². The highest BCUT2D eigenvalue weighted by Crippen LogP contribution is 2.17. The maximum absolute atomic E-state index is 12.5. The van der Waals surface area contributed by atoms with Gasteiger partial charge in [0.2, 0.25) is 5.91 Å². The summed E-state index contributed by atoms with van der Waals surface area (Å²) in [6.45, 7) is 4.06. The van der Waals surface area contributed by atoms with Crippen LogP contribution in [0.1, 0.15) is 239 Å². The van der Waals surface area contributed by atoms with E-state index in [2.05, 4.69) is 19.2 Å². The van der Waals surface area contributed by atoms with E-state index < -0.39 is 36.9 Å². The molecule has 0 aliphatic rings. The van der Waals surface area contributed by atoms with E-state index in [1.807, 2.05) is 0 Å². The Morgan fingerprint density at radius 3 is 0.980 bits per heavy atom. The number of carbonyl (C=O) groups is 1. The second kappa shape index (κ2) is 38.5. The lowest BCUT2D eigenvalue weighted by Gasteiger charge is -2.27. The molecule has 5 N–H and O–H groups in total. The zero-order chi connectivity index (χ0) is 36.0. The number of nitrogens with one attached hydrogen (secondary N) is 1. The van der Waals surface area contributed by atoms with Crippen molar-refractivity contribution in [2.45, 2.75) is 263 Å². The first-order chi connectivity index (χ1) is 24.0. The van der Waals surface area contributed by atoms with Gasteiger partial charge >= 0.3 is 0 Å². The second-order valence-corrected chi connectivity index (χ2v) is 15.4. The summed E-state index contributed by atoms with van der Waals surface area (Å²) in [4.78, 5) is 12.5. The molecule has 0 fully saturated rings. The van der Waals surface area contributed by atoms with Gasteiger partial charge in [-0.05, 0) is 12.8 Å². The van der Waals surface area contributed by atoms with Gasteiger partial charge < -0.3 is 25.7 Å². The number of amides is 1. The molecule has 0 aromatic rings. The molecule has 4 atom stereocenters. The number of aliphatic hydroxyl groups is 4. The molecule has 1 amide bonds. The van der Waals surface area contributed by atoms with Crippen molar-refractivity contribution in [2.75, 3.05) is 6.61 Å². The Labute approximate surface area is 305 Å². The van der Waals surface area contributed by atoms with E-state index in [-0.39, 0.29) is 0 Å². The maximum atomic E-state index is 12.5. The Morgan fingerprint density at radius 1 is 0.429 bits per heavy atom. The number of unbranched alkanes of at least 4 members (excludes halogenated alkanes) is 31. The van der Waals surface area contributed by atoms with Crippen LogP contribution in [0.2, 0.25) is 0 Å². The normalized spacial score (nSPS) is 14.2. The van der Waals surface area contributed by atoms with Crippen molar-refractivity contribution in [3.63, 3.8) is 0 Å². The van der Waals surface area contributed by atoms with Gasteiger partial charge in [-0.25, -0.2) is 0 Å². The first kappa shape index (κ1) is 48.3. The number of hydrogen-bond acceptors (Lipinski definition) is 5. The molecular weight excluding hydrogens is 610 g/mol. The minimum Gasteiger partial charge on any atom is -0.394 e. The van der Waals surface area contributed by atoms with Crippen LogP contribution >= 0.6 is 0 Å². The molecule has 0 bridgehead atoms. The van der Waals surface area contributed by atoms with E-state index >= 15 is 0 Å². The zero-order valence-electron chi connectivity index (χ0n) is 33.0. The largest absolute Gasteiger partial charge is 0.394 e. The van der Waals surface area contributed by atoms with Crippen molar-refractivity contribution >= 4 is 5.91 Å². The Bertz CT molecular complexity index is 662. The smallest absolute Gasteiger partial charge is 0.249 e. The van der Waals surface area contributed by atoms with Gasteiger partial charge in [0, 0.05) is 0 Å². The van der Waals surface area contributed by atoms with Crippen LogP contribution in [0.15, 0.2) is 0 Å². The lowest BCUT2D eigenvalue weighted by atomic mass is 9.99. The van der Waals surface area contributed by atoms with Crippen LogP contribution in [0.4, 0.5) is 0 Å². The molecule has 0 aliphatic heterocycles. The molecule has 0 radical (unpaired) electrons. The van der Waals surface area contributed by atoms with Gasteiger partial charge in [0.05, 0.1) is 18.8 Å². The standard InChI is InChI=1S/C43H87NO5/c1-3-5-7-9-11-13-15-17-18-19-20-21-22-23-25-27-29-31-33-35-37-41(47)43(49)44-39(38-45)42(48)40(46)36-34-32-30-28-26-24-16-14-12-10-8-6-4-2/h39-42,45-48H,3-38H2,1-2H3,(H,44,49). The Morgan fingerprint density at radius 2 is 0.694 bits per heavy atom. The van der Waals surface area contributed by atoms with E-state index in [4.69, 9.17) is 0 Å². The quantitative estimate of drug-likeness (QED) is 0.0409. The third-order valence-corrected chi connectivity index (χ3v) is 10.6. The second-order valence-electron chi connectivity index (χ2n) is 15.4. The molecule has 0 saturated carbocycles. The summed E-state index contributed by atoms with van der Waals surface area (Å²) in [5, 5.41) is 43.6. The highest BCUT2D eigenvalue weighted by atomic mass is 16.3. The van der Waals surface area contributed by atoms with Crippen molar-refractivity contribution in [1.82, 2.24) is 5.32 Å². The summed E-state index contributed by atoms with van der Waals surface area (Å²) in [5.74, 6) is -0.580. The van der Waals surface area contributed by atoms with E-state index in [9.17, 15) is 25.2 Å². The summed E-state index contributed by atoms with van der Waals surface area (Å²) >= 11 is 0. The summed E-state index contributed by atoms with van der Waals surface area (Å²) in [6.07, 6.45) is 39.9. The van der Waals surface area contributed by atoms with E-state index in [0.29, 0.717) is 12.8 Å². The van der Waals surface area contributed by atoms with Crippen molar-refractivity contribution in [3.8, 4) is 0 Å². The van der Waals surface area contributed by atoms with Gasteiger partial charge in [0.15, 0.2) is 0 Å². The third-order valence-electron chi connectivity index (χ3n) is 10.6. The van der Waals surface area contributed by atoms with Crippen LogP contribution in [-0.4, -0.2) is 57.3 Å². The fraction of sp³-hybridized carbons (Fsp3) is 0.977. The SMILES string of the molecule is CCCCCCCCCCCCCCCCCCCCCCC(O)C(=O)NC(CO)C(O)C(O)CCCCCCCCCCCCCCC. The monoisotopic (exact) mass is 698 g/mol. The summed E-state index contributed by atoms with van der Waals surface area (Å²) in [7, 11) is 0. The van der Waals surface area contributed by atoms with Gasteiger partial charge in [0.1, 0.15) is 12.2 Å². The molecule has 294 valence electrons. The van der Waals surface area contributed by atoms with Crippen LogP contribution in [0.25, 0.3) is 0 Å². The van der Waals surface area contributed by atoms with Crippen molar-refractivity contribution in [3.05, 3.63) is 0 Å². The molecule has 0 spiro atoms. The Hall–Kier alpha value is -0.690. The lowest BCUT2D eigenvalue weighted by Crippen LogP contribution is -2.53. The number of rotatable bonds is 40. The van der Waals surface area contributed by atoms with Crippen LogP contribution in [-0.2, 0) is 4.79 Å². The van der Waals surface area contributed by atoms with Gasteiger partial charge in [-0.1, -0.05) is 226 Å². The third kappa shape index (κ3) is 32.9. The fourth-order valence-corrected chi connectivity index (χ4v) is 7.05. The minimum absolute atomic E-state index is 0.376. The highest BCUT2D eigenvalue weighted by Gasteiger charge is 2.28. The maximum Gasteiger partial charge on any atom is 0.249 e. The predicted molar refractivity (Wildman–Crippen MR) is 210 cm³/mol. The Kier molecular flexibility index (Phi) is 38.0. The average Bonchev–Trinajstić information content (AvgIpc) is 3.11. The van der Waals surface area contributed by atoms with E-state index in [0.717, 1.165) is 38.5 Å². The molecule has 0 saturated heterocycles. The molecule has 0 heterocycles. The van der Waals surface area contributed by atoms with Crippen molar-refractivity contribution in [1.29, 1.82) is 0 Å². The lowest BCUT2D eigenvalue weighted by molar-refractivity contribution is -0.132. The molecule has 0 aliphatic carbocycles. The number of aliphatic hydroxyl groups excluding tert-OH is 4. The number of hydrogen-bond donors (Lipinski definition) is 5. The molecule has 0 rings (SSSR count). The summed E-state index contributed by atoms with van der Waals surface area (Å²) < 4.78 is 0. The first-order valence-corrected chi connectivity index (χ1v) is 21.9. The predicted octanol–water partition coefficient (Wildman–Crippen LogP) is 11.2. The average molecular weight is 698 g/mol. The minimum atomic E-state index is -1.25. The van der Waals surface area contributed by atoms with Crippen molar-refractivity contribution < 1.29 is 25.2 Å². The highest BCUT2D eigenvalue weighted by molar-refractivity contribution is 5.80. The van der Waals surface area contributed by atoms with Crippen LogP contribution in [0.3, 0.4) is 0 Å². The molecule has 4 unspecified atom stereocenters. The fourth-order valence-electron chi connectivity index (χ4n) is 7.05. The molecule has 6 nitrogen and oxygen atoms in total. The number of carbonyl (C=O) groups excluding carboxylic acids is 1. The summed E-state index contributed by atoms with van der Waals surface area (Å²) in [6, 6.07) is -0.978. The molecule has 6 heteroatoms. The Balaban J connectivity index is 3.68. The van der Waals surface area contributed by atoms with Gasteiger partial charge in [-0.3, -0.25) is 4.79 Å². The zero-order valence-corrected chi connectivity index (χ0v) is 33.0. The van der Waals surface area contributed by atoms with Crippen LogP contribution < -0.4 is 5.32 Å². The molecule has 49 heavy (non-hydrogen) atoms. The topological polar surface area (TPSA) is 110 Å². The van der Waals surface area contributed by atoms with E-state index in [1.165, 1.54) is 173 Å². The summed E-state index contributed by atoms with van der Waals surface area (Å²) in [5.41, 5.74) is 0. The molecular formula is C43H87NO5. The van der Waals surface area contributed by atoms with E-state index in [1.54, 1.807) is 0 Å². The van der Waals surface area contributed by atoms with Crippen LogP contribution in [0, 0.1) is 0 Å². The molecule has 0 aromatic heterocycles. The van der Waals surface area contributed by atoms with Gasteiger partial charge in [-0.2, -0.15) is 0 Å². The first-order valence-electron chi connectivity index (χ1n) is 21.9. The molecule has 0 aromatic carbocycles. The van der Waals surface area contributed by atoms with Gasteiger partial charge in [0.25, 0.3) is 0 Å². The van der Waals surface area contributed by atoms with Crippen molar-refractivity contribution in [2.24, 2.45) is 0 Å².